The number of ether oxygens (including phenoxy) is 2. The maximum Gasteiger partial charge on any atom is 0.410 e. The van der Waals surface area contributed by atoms with E-state index in [2.05, 4.69) is 12.2 Å². The Bertz CT molecular complexity index is 544. The molecule has 1 saturated heterocycles. The number of carbonyl (C=O) groups is 1. The second-order valence-corrected chi connectivity index (χ2v) is 8.54. The van der Waals surface area contributed by atoms with E-state index in [1.54, 1.807) is 23.3 Å². The highest BCUT2D eigenvalue weighted by Gasteiger charge is 2.38. The van der Waals surface area contributed by atoms with Gasteiger partial charge in [0.1, 0.15) is 5.60 Å². The molecule has 1 fully saturated rings. The lowest BCUT2D eigenvalue weighted by atomic mass is 10.1. The Morgan fingerprint density at radius 3 is 2.65 bits per heavy atom. The molecule has 3 atom stereocenters. The van der Waals surface area contributed by atoms with E-state index in [1.807, 2.05) is 32.9 Å². The van der Waals surface area contributed by atoms with Crippen molar-refractivity contribution in [3.05, 3.63) is 21.3 Å². The van der Waals surface area contributed by atoms with Crippen LogP contribution in [0.25, 0.3) is 0 Å². The van der Waals surface area contributed by atoms with Gasteiger partial charge in [0.2, 0.25) is 0 Å². The van der Waals surface area contributed by atoms with Gasteiger partial charge in [-0.3, -0.25) is 0 Å². The highest BCUT2D eigenvalue weighted by Crippen LogP contribution is 2.28. The molecule has 7 heteroatoms. The number of hydrogen-bond acceptors (Lipinski definition) is 5. The van der Waals surface area contributed by atoms with Gasteiger partial charge >= 0.3 is 6.09 Å². The molecule has 23 heavy (non-hydrogen) atoms. The van der Waals surface area contributed by atoms with Crippen LogP contribution in [0.4, 0.5) is 4.79 Å². The lowest BCUT2D eigenvalue weighted by Crippen LogP contribution is -2.41. The number of amides is 1. The van der Waals surface area contributed by atoms with Crippen molar-refractivity contribution in [3.63, 3.8) is 0 Å². The zero-order valence-electron chi connectivity index (χ0n) is 14.3. The Balaban J connectivity index is 1.97. The maximum atomic E-state index is 12.2. The highest BCUT2D eigenvalue weighted by molar-refractivity contribution is 7.16. The van der Waals surface area contributed by atoms with Crippen LogP contribution in [0.1, 0.15) is 38.6 Å². The van der Waals surface area contributed by atoms with Crippen molar-refractivity contribution >= 4 is 29.0 Å². The molecule has 1 amide bonds. The van der Waals surface area contributed by atoms with Gasteiger partial charge < -0.3 is 19.7 Å². The van der Waals surface area contributed by atoms with Crippen LogP contribution in [0.15, 0.2) is 12.1 Å². The van der Waals surface area contributed by atoms with Crippen molar-refractivity contribution in [1.82, 2.24) is 10.2 Å². The summed E-state index contributed by atoms with van der Waals surface area (Å²) in [7, 11) is 1.67. The van der Waals surface area contributed by atoms with Gasteiger partial charge in [0.05, 0.1) is 23.0 Å². The molecule has 0 bridgehead atoms. The Labute approximate surface area is 146 Å². The molecular weight excluding hydrogens is 336 g/mol. The molecule has 5 nitrogen and oxygen atoms in total. The number of nitrogens with one attached hydrogen (secondary N) is 1. The van der Waals surface area contributed by atoms with Gasteiger partial charge in [-0.25, -0.2) is 4.79 Å². The number of nitrogens with zero attached hydrogens (tertiary/aromatic N) is 1. The van der Waals surface area contributed by atoms with E-state index in [1.165, 1.54) is 4.88 Å². The van der Waals surface area contributed by atoms with Gasteiger partial charge in [0.25, 0.3) is 0 Å². The standard InChI is InChI=1S/C16H25ClN2O3S/c1-10(13-6-7-14(17)23-13)18-11-8-19(9-12(11)21-5)15(20)22-16(2,3)4/h6-7,10-12,18H,8-9H2,1-5H3/t10?,11?,12-/m0/s1. The molecule has 1 aliphatic heterocycles. The van der Waals surface area contributed by atoms with Crippen molar-refractivity contribution < 1.29 is 14.3 Å². The summed E-state index contributed by atoms with van der Waals surface area (Å²) < 4.78 is 11.8. The monoisotopic (exact) mass is 360 g/mol. The third-order valence-electron chi connectivity index (χ3n) is 3.71. The van der Waals surface area contributed by atoms with Gasteiger partial charge in [-0.1, -0.05) is 11.6 Å². The molecule has 1 aromatic heterocycles. The van der Waals surface area contributed by atoms with Crippen LogP contribution in [0.5, 0.6) is 0 Å². The molecule has 2 heterocycles. The number of thiophene rings is 1. The Kier molecular flexibility index (Phi) is 5.94. The predicted molar refractivity (Wildman–Crippen MR) is 93.3 cm³/mol. The highest BCUT2D eigenvalue weighted by atomic mass is 35.5. The van der Waals surface area contributed by atoms with Crippen LogP contribution >= 0.6 is 22.9 Å². The fraction of sp³-hybridized carbons (Fsp3) is 0.688. The molecule has 1 aromatic rings. The molecule has 1 N–H and O–H groups in total. The molecule has 1 aliphatic rings. The van der Waals surface area contributed by atoms with Crippen LogP contribution in [0.3, 0.4) is 0 Å². The number of carbonyl (C=O) groups excluding carboxylic acids is 1. The van der Waals surface area contributed by atoms with E-state index in [0.29, 0.717) is 13.1 Å². The summed E-state index contributed by atoms with van der Waals surface area (Å²) in [6, 6.07) is 4.12. The van der Waals surface area contributed by atoms with Gasteiger partial charge in [-0.2, -0.15) is 0 Å². The maximum absolute atomic E-state index is 12.2. The summed E-state index contributed by atoms with van der Waals surface area (Å²) in [6.07, 6.45) is -0.351. The van der Waals surface area contributed by atoms with E-state index >= 15 is 0 Å². The first kappa shape index (κ1) is 18.5. The van der Waals surface area contributed by atoms with Crippen LogP contribution in [0, 0.1) is 0 Å². The fourth-order valence-corrected chi connectivity index (χ4v) is 3.69. The van der Waals surface area contributed by atoms with Crippen molar-refractivity contribution in [2.75, 3.05) is 20.2 Å². The molecule has 2 unspecified atom stereocenters. The first-order chi connectivity index (χ1) is 10.7. The van der Waals surface area contributed by atoms with Crippen LogP contribution in [0.2, 0.25) is 4.34 Å². The average molecular weight is 361 g/mol. The van der Waals surface area contributed by atoms with E-state index < -0.39 is 5.60 Å². The zero-order chi connectivity index (χ0) is 17.2. The second-order valence-electron chi connectivity index (χ2n) is 6.80. The number of likely N-dealkylation sites (tertiary alicyclic amines) is 1. The first-order valence-electron chi connectivity index (χ1n) is 7.71. The number of hydrogen-bond donors (Lipinski definition) is 1. The summed E-state index contributed by atoms with van der Waals surface area (Å²) in [4.78, 5) is 15.1. The molecule has 130 valence electrons. The topological polar surface area (TPSA) is 50.8 Å². The van der Waals surface area contributed by atoms with Crippen molar-refractivity contribution in [2.45, 2.75) is 51.5 Å². The minimum atomic E-state index is -0.494. The number of halogens is 1. The van der Waals surface area contributed by atoms with E-state index in [-0.39, 0.29) is 24.3 Å². The predicted octanol–water partition coefficient (Wildman–Crippen LogP) is 3.69. The number of methoxy groups -OCH3 is 1. The molecule has 0 saturated carbocycles. The Hall–Kier alpha value is -0.820. The lowest BCUT2D eigenvalue weighted by Gasteiger charge is -2.24. The minimum absolute atomic E-state index is 0.0552. The average Bonchev–Trinajstić information content (AvgIpc) is 3.03. The van der Waals surface area contributed by atoms with Crippen LogP contribution in [-0.4, -0.2) is 48.9 Å². The second kappa shape index (κ2) is 7.38. The normalized spacial score (nSPS) is 23.1. The van der Waals surface area contributed by atoms with E-state index in [4.69, 9.17) is 21.1 Å². The molecule has 0 spiro atoms. The molecular formula is C16H25ClN2O3S. The van der Waals surface area contributed by atoms with Crippen LogP contribution < -0.4 is 5.32 Å². The SMILES string of the molecule is CO[C@H]1CN(C(=O)OC(C)(C)C)CC1NC(C)c1ccc(Cl)s1. The van der Waals surface area contributed by atoms with Gasteiger partial charge in [-0.05, 0) is 39.8 Å². The fourth-order valence-electron chi connectivity index (χ4n) is 2.61. The van der Waals surface area contributed by atoms with Crippen molar-refractivity contribution in [2.24, 2.45) is 0 Å². The smallest absolute Gasteiger partial charge is 0.410 e. The third-order valence-corrected chi connectivity index (χ3v) is 5.12. The van der Waals surface area contributed by atoms with Crippen molar-refractivity contribution in [1.29, 1.82) is 0 Å². The Morgan fingerprint density at radius 1 is 1.43 bits per heavy atom. The Morgan fingerprint density at radius 2 is 2.13 bits per heavy atom. The first-order valence-corrected chi connectivity index (χ1v) is 8.91. The summed E-state index contributed by atoms with van der Waals surface area (Å²) in [5.74, 6) is 0. The van der Waals surface area contributed by atoms with Gasteiger partial charge in [0.15, 0.2) is 0 Å². The van der Waals surface area contributed by atoms with E-state index in [0.717, 1.165) is 4.34 Å². The van der Waals surface area contributed by atoms with Crippen molar-refractivity contribution in [3.8, 4) is 0 Å². The summed E-state index contributed by atoms with van der Waals surface area (Å²) in [6.45, 7) is 8.79. The molecule has 2 rings (SSSR count). The molecule has 0 aliphatic carbocycles. The van der Waals surface area contributed by atoms with Crippen LogP contribution in [-0.2, 0) is 9.47 Å². The van der Waals surface area contributed by atoms with Gasteiger partial charge in [0, 0.05) is 24.6 Å². The summed E-state index contributed by atoms with van der Waals surface area (Å²) >= 11 is 7.56. The number of rotatable bonds is 4. The molecule has 0 aromatic carbocycles. The summed E-state index contributed by atoms with van der Waals surface area (Å²) in [5.41, 5.74) is -0.494. The van der Waals surface area contributed by atoms with E-state index in [9.17, 15) is 4.79 Å². The largest absolute Gasteiger partial charge is 0.444 e. The minimum Gasteiger partial charge on any atom is -0.444 e. The quantitative estimate of drug-likeness (QED) is 0.889. The van der Waals surface area contributed by atoms with Gasteiger partial charge in [-0.15, -0.1) is 11.3 Å². The lowest BCUT2D eigenvalue weighted by molar-refractivity contribution is 0.0252. The molecule has 0 radical (unpaired) electrons. The summed E-state index contributed by atoms with van der Waals surface area (Å²) in [5, 5.41) is 3.53. The third kappa shape index (κ3) is 5.08. The zero-order valence-corrected chi connectivity index (χ0v) is 15.8.